The van der Waals surface area contributed by atoms with Gasteiger partial charge in [0.05, 0.1) is 10.7 Å². The molecule has 6 heteroatoms. The predicted molar refractivity (Wildman–Crippen MR) is 57.1 cm³/mol. The van der Waals surface area contributed by atoms with Crippen LogP contribution in [0, 0.1) is 10.1 Å². The Hall–Kier alpha value is -1.27. The van der Waals surface area contributed by atoms with E-state index in [0.717, 1.165) is 0 Å². The van der Waals surface area contributed by atoms with Gasteiger partial charge in [0.2, 0.25) is 0 Å². The summed E-state index contributed by atoms with van der Waals surface area (Å²) >= 11 is -1.88. The SMILES string of the molecule is CC(CS(=O)O)c1cccc([N+](=O)[O-])c1. The van der Waals surface area contributed by atoms with Gasteiger partial charge in [-0.2, -0.15) is 0 Å². The number of nitrogens with zero attached hydrogens (tertiary/aromatic N) is 1. The number of hydrogen-bond donors (Lipinski definition) is 1. The van der Waals surface area contributed by atoms with Gasteiger partial charge in [-0.25, -0.2) is 4.21 Å². The summed E-state index contributed by atoms with van der Waals surface area (Å²) in [6, 6.07) is 6.11. The van der Waals surface area contributed by atoms with Crippen LogP contribution in [-0.4, -0.2) is 19.4 Å². The summed E-state index contributed by atoms with van der Waals surface area (Å²) in [5, 5.41) is 10.5. The van der Waals surface area contributed by atoms with E-state index in [1.165, 1.54) is 12.1 Å². The Balaban J connectivity index is 2.89. The quantitative estimate of drug-likeness (QED) is 0.486. The van der Waals surface area contributed by atoms with E-state index >= 15 is 0 Å². The lowest BCUT2D eigenvalue weighted by molar-refractivity contribution is -0.384. The first kappa shape index (κ1) is 11.8. The second kappa shape index (κ2) is 4.99. The molecule has 82 valence electrons. The topological polar surface area (TPSA) is 80.4 Å². The summed E-state index contributed by atoms with van der Waals surface area (Å²) in [5.74, 6) is -0.0861. The summed E-state index contributed by atoms with van der Waals surface area (Å²) in [5.41, 5.74) is 0.703. The third-order valence-corrected chi connectivity index (χ3v) is 2.83. The highest BCUT2D eigenvalue weighted by molar-refractivity contribution is 7.79. The average Bonchev–Trinajstić information content (AvgIpc) is 2.17. The lowest BCUT2D eigenvalue weighted by atomic mass is 10.0. The summed E-state index contributed by atoms with van der Waals surface area (Å²) in [7, 11) is 0. The molecule has 1 N–H and O–H groups in total. The Morgan fingerprint density at radius 2 is 2.27 bits per heavy atom. The Bertz CT molecular complexity index is 393. The van der Waals surface area contributed by atoms with Crippen molar-refractivity contribution in [3.05, 3.63) is 39.9 Å². The average molecular weight is 229 g/mol. The molecular weight excluding hydrogens is 218 g/mol. The Kier molecular flexibility index (Phi) is 3.93. The van der Waals surface area contributed by atoms with Crippen molar-refractivity contribution in [3.8, 4) is 0 Å². The van der Waals surface area contributed by atoms with Crippen molar-refractivity contribution in [2.45, 2.75) is 12.8 Å². The number of nitro benzene ring substituents is 1. The molecule has 0 radical (unpaired) electrons. The normalized spacial score (nSPS) is 14.5. The molecular formula is C9H11NO4S. The summed E-state index contributed by atoms with van der Waals surface area (Å²) in [4.78, 5) is 10.0. The van der Waals surface area contributed by atoms with Crippen LogP contribution in [0.2, 0.25) is 0 Å². The Morgan fingerprint density at radius 1 is 1.60 bits per heavy atom. The molecule has 0 aliphatic carbocycles. The maximum atomic E-state index is 10.6. The summed E-state index contributed by atoms with van der Waals surface area (Å²) in [6.07, 6.45) is 0. The number of nitro groups is 1. The third-order valence-electron chi connectivity index (χ3n) is 2.04. The van der Waals surface area contributed by atoms with Gasteiger partial charge >= 0.3 is 0 Å². The molecule has 0 aromatic heterocycles. The van der Waals surface area contributed by atoms with Crippen LogP contribution in [0.5, 0.6) is 0 Å². The fraction of sp³-hybridized carbons (Fsp3) is 0.333. The molecule has 0 heterocycles. The fourth-order valence-corrected chi connectivity index (χ4v) is 1.88. The monoisotopic (exact) mass is 229 g/mol. The smallest absolute Gasteiger partial charge is 0.269 e. The molecule has 15 heavy (non-hydrogen) atoms. The summed E-state index contributed by atoms with van der Waals surface area (Å²) in [6.45, 7) is 1.76. The number of rotatable bonds is 4. The van der Waals surface area contributed by atoms with Crippen LogP contribution < -0.4 is 0 Å². The van der Waals surface area contributed by atoms with E-state index in [4.69, 9.17) is 4.55 Å². The molecule has 0 aliphatic rings. The molecule has 0 spiro atoms. The van der Waals surface area contributed by atoms with E-state index < -0.39 is 16.0 Å². The Labute approximate surface area is 89.6 Å². The highest BCUT2D eigenvalue weighted by atomic mass is 32.2. The van der Waals surface area contributed by atoms with Gasteiger partial charge in [-0.15, -0.1) is 0 Å². The third kappa shape index (κ3) is 3.41. The maximum Gasteiger partial charge on any atom is 0.269 e. The van der Waals surface area contributed by atoms with E-state index in [0.29, 0.717) is 5.56 Å². The van der Waals surface area contributed by atoms with Crippen molar-refractivity contribution >= 4 is 16.8 Å². The van der Waals surface area contributed by atoms with Crippen LogP contribution in [0.3, 0.4) is 0 Å². The maximum absolute atomic E-state index is 10.6. The molecule has 5 nitrogen and oxygen atoms in total. The molecule has 0 saturated heterocycles. The van der Waals surface area contributed by atoms with Crippen LogP contribution in [0.15, 0.2) is 24.3 Å². The lowest BCUT2D eigenvalue weighted by Gasteiger charge is -2.08. The molecule has 0 saturated carbocycles. The van der Waals surface area contributed by atoms with Crippen molar-refractivity contribution in [3.63, 3.8) is 0 Å². The summed E-state index contributed by atoms with van der Waals surface area (Å²) < 4.78 is 19.3. The molecule has 0 amide bonds. The standard InChI is InChI=1S/C9H11NO4S/c1-7(6-15(13)14)8-3-2-4-9(5-8)10(11)12/h2-5,7H,6H2,1H3,(H,13,14). The fourth-order valence-electron chi connectivity index (χ4n) is 1.25. The van der Waals surface area contributed by atoms with Gasteiger partial charge in [0, 0.05) is 12.1 Å². The minimum Gasteiger partial charge on any atom is -0.306 e. The number of hydrogen-bond acceptors (Lipinski definition) is 3. The first-order valence-electron chi connectivity index (χ1n) is 4.32. The minimum absolute atomic E-state index is 0.00284. The minimum atomic E-state index is -1.88. The zero-order valence-corrected chi connectivity index (χ0v) is 8.94. The van der Waals surface area contributed by atoms with Gasteiger partial charge in [-0.3, -0.25) is 10.1 Å². The van der Waals surface area contributed by atoms with Gasteiger partial charge in [0.1, 0.15) is 0 Å². The highest BCUT2D eigenvalue weighted by Gasteiger charge is 2.12. The van der Waals surface area contributed by atoms with Crippen molar-refractivity contribution in [1.29, 1.82) is 0 Å². The number of benzene rings is 1. The zero-order chi connectivity index (χ0) is 11.4. The molecule has 0 bridgehead atoms. The lowest BCUT2D eigenvalue weighted by Crippen LogP contribution is -2.05. The predicted octanol–water partition coefficient (Wildman–Crippen LogP) is 1.92. The molecule has 1 aromatic carbocycles. The van der Waals surface area contributed by atoms with E-state index in [-0.39, 0.29) is 17.4 Å². The van der Waals surface area contributed by atoms with Crippen molar-refractivity contribution in [2.75, 3.05) is 5.75 Å². The van der Waals surface area contributed by atoms with Crippen LogP contribution in [0.4, 0.5) is 5.69 Å². The van der Waals surface area contributed by atoms with Crippen LogP contribution in [0.1, 0.15) is 18.4 Å². The van der Waals surface area contributed by atoms with Gasteiger partial charge < -0.3 is 4.55 Å². The van der Waals surface area contributed by atoms with Gasteiger partial charge in [0.15, 0.2) is 11.1 Å². The van der Waals surface area contributed by atoms with Crippen molar-refractivity contribution in [2.24, 2.45) is 0 Å². The second-order valence-corrected chi connectivity index (χ2v) is 4.22. The van der Waals surface area contributed by atoms with Crippen LogP contribution in [0.25, 0.3) is 0 Å². The first-order chi connectivity index (χ1) is 7.00. The second-order valence-electron chi connectivity index (χ2n) is 3.24. The Morgan fingerprint density at radius 3 is 2.80 bits per heavy atom. The molecule has 2 unspecified atom stereocenters. The van der Waals surface area contributed by atoms with Crippen molar-refractivity contribution in [1.82, 2.24) is 0 Å². The largest absolute Gasteiger partial charge is 0.306 e. The number of non-ortho nitro benzene ring substituents is 1. The van der Waals surface area contributed by atoms with E-state index in [1.807, 2.05) is 0 Å². The van der Waals surface area contributed by atoms with E-state index in [2.05, 4.69) is 0 Å². The molecule has 1 rings (SSSR count). The van der Waals surface area contributed by atoms with Crippen LogP contribution >= 0.6 is 0 Å². The highest BCUT2D eigenvalue weighted by Crippen LogP contribution is 2.20. The molecule has 0 aliphatic heterocycles. The molecule has 0 fully saturated rings. The van der Waals surface area contributed by atoms with Crippen molar-refractivity contribution < 1.29 is 13.7 Å². The molecule has 2 atom stereocenters. The van der Waals surface area contributed by atoms with Gasteiger partial charge in [-0.05, 0) is 11.5 Å². The first-order valence-corrected chi connectivity index (χ1v) is 5.60. The van der Waals surface area contributed by atoms with E-state index in [9.17, 15) is 14.3 Å². The molecule has 1 aromatic rings. The zero-order valence-electron chi connectivity index (χ0n) is 8.12. The van der Waals surface area contributed by atoms with Gasteiger partial charge in [0.25, 0.3) is 5.69 Å². The van der Waals surface area contributed by atoms with Gasteiger partial charge in [-0.1, -0.05) is 19.1 Å². The van der Waals surface area contributed by atoms with E-state index in [1.54, 1.807) is 19.1 Å². The van der Waals surface area contributed by atoms with Crippen LogP contribution in [-0.2, 0) is 11.1 Å².